The highest BCUT2D eigenvalue weighted by atomic mass is 32.2. The average molecular weight is 288 g/mol. The first-order chi connectivity index (χ1) is 8.90. The normalized spacial score (nSPS) is 13.5. The van der Waals surface area contributed by atoms with Crippen LogP contribution in [-0.2, 0) is 16.6 Å². The van der Waals surface area contributed by atoms with Crippen LogP contribution in [0.25, 0.3) is 0 Å². The number of nitrogens with two attached hydrogens (primary N) is 1. The third kappa shape index (κ3) is 4.56. The van der Waals surface area contributed by atoms with E-state index in [9.17, 15) is 12.8 Å². The zero-order valence-electron chi connectivity index (χ0n) is 11.3. The topological polar surface area (TPSA) is 72.2 Å². The van der Waals surface area contributed by atoms with Gasteiger partial charge in [-0.05, 0) is 31.0 Å². The summed E-state index contributed by atoms with van der Waals surface area (Å²) in [6.45, 7) is 3.90. The Hall–Kier alpha value is -0.980. The molecular weight excluding hydrogens is 267 g/mol. The third-order valence-corrected chi connectivity index (χ3v) is 4.56. The molecule has 1 aromatic carbocycles. The molecule has 0 aromatic heterocycles. The highest BCUT2D eigenvalue weighted by Crippen LogP contribution is 2.18. The summed E-state index contributed by atoms with van der Waals surface area (Å²) >= 11 is 0. The Morgan fingerprint density at radius 3 is 2.68 bits per heavy atom. The number of sulfonamides is 1. The molecule has 0 saturated carbocycles. The van der Waals surface area contributed by atoms with E-state index in [1.165, 1.54) is 12.1 Å². The van der Waals surface area contributed by atoms with Crippen LogP contribution >= 0.6 is 0 Å². The van der Waals surface area contributed by atoms with Gasteiger partial charge in [-0.2, -0.15) is 0 Å². The number of rotatable bonds is 7. The molecule has 108 valence electrons. The smallest absolute Gasteiger partial charge is 0.241 e. The molecule has 0 spiro atoms. The second-order valence-corrected chi connectivity index (χ2v) is 6.30. The van der Waals surface area contributed by atoms with Gasteiger partial charge in [0.2, 0.25) is 10.0 Å². The van der Waals surface area contributed by atoms with E-state index in [2.05, 4.69) is 4.72 Å². The van der Waals surface area contributed by atoms with Crippen molar-refractivity contribution in [3.8, 4) is 0 Å². The molecule has 0 aliphatic rings. The van der Waals surface area contributed by atoms with Crippen LogP contribution in [0.15, 0.2) is 23.1 Å². The van der Waals surface area contributed by atoms with Crippen LogP contribution in [-0.4, -0.2) is 14.5 Å². The van der Waals surface area contributed by atoms with E-state index in [-0.39, 0.29) is 17.5 Å². The van der Waals surface area contributed by atoms with Crippen LogP contribution in [0.2, 0.25) is 0 Å². The molecule has 0 radical (unpaired) electrons. The highest BCUT2D eigenvalue weighted by molar-refractivity contribution is 7.89. The second kappa shape index (κ2) is 6.98. The highest BCUT2D eigenvalue weighted by Gasteiger charge is 2.20. The van der Waals surface area contributed by atoms with Crippen LogP contribution in [0.3, 0.4) is 0 Å². The van der Waals surface area contributed by atoms with Crippen LogP contribution in [0.5, 0.6) is 0 Å². The second-order valence-electron chi connectivity index (χ2n) is 4.62. The lowest BCUT2D eigenvalue weighted by molar-refractivity contribution is 0.532. The van der Waals surface area contributed by atoms with Crippen molar-refractivity contribution in [2.75, 3.05) is 0 Å². The lowest BCUT2D eigenvalue weighted by Crippen LogP contribution is -2.33. The molecule has 19 heavy (non-hydrogen) atoms. The molecule has 3 N–H and O–H groups in total. The average Bonchev–Trinajstić information content (AvgIpc) is 2.35. The Morgan fingerprint density at radius 1 is 1.42 bits per heavy atom. The Bertz CT molecular complexity index is 517. The van der Waals surface area contributed by atoms with Gasteiger partial charge in [-0.15, -0.1) is 0 Å². The number of hydrogen-bond acceptors (Lipinski definition) is 3. The van der Waals surface area contributed by atoms with Gasteiger partial charge in [0.15, 0.2) is 0 Å². The molecule has 0 bridgehead atoms. The summed E-state index contributed by atoms with van der Waals surface area (Å²) in [4.78, 5) is -0.0710. The summed E-state index contributed by atoms with van der Waals surface area (Å²) in [6, 6.07) is 3.44. The van der Waals surface area contributed by atoms with Crippen LogP contribution in [0, 0.1) is 5.82 Å². The van der Waals surface area contributed by atoms with Crippen LogP contribution < -0.4 is 10.5 Å². The summed E-state index contributed by atoms with van der Waals surface area (Å²) in [5.41, 5.74) is 5.91. The zero-order valence-corrected chi connectivity index (χ0v) is 12.1. The fourth-order valence-corrected chi connectivity index (χ4v) is 3.38. The van der Waals surface area contributed by atoms with Crippen LogP contribution in [0.1, 0.15) is 38.7 Å². The van der Waals surface area contributed by atoms with Crippen molar-refractivity contribution >= 4 is 10.0 Å². The van der Waals surface area contributed by atoms with E-state index in [1.54, 1.807) is 6.92 Å². The molecule has 0 fully saturated rings. The van der Waals surface area contributed by atoms with Gasteiger partial charge in [0.05, 0.1) is 4.90 Å². The van der Waals surface area contributed by atoms with Crippen molar-refractivity contribution in [1.29, 1.82) is 0 Å². The number of benzene rings is 1. The van der Waals surface area contributed by atoms with Gasteiger partial charge in [0, 0.05) is 12.6 Å². The van der Waals surface area contributed by atoms with Crippen molar-refractivity contribution in [3.63, 3.8) is 0 Å². The standard InChI is InChI=1S/C13H21FN2O2S/c1-3-4-5-10(2)16-19(17,18)13-8-12(14)7-6-11(13)9-15/h6-8,10,16H,3-5,9,15H2,1-2H3. The summed E-state index contributed by atoms with van der Waals surface area (Å²) in [5.74, 6) is -0.584. The molecule has 4 nitrogen and oxygen atoms in total. The summed E-state index contributed by atoms with van der Waals surface area (Å²) in [6.07, 6.45) is 2.69. The Kier molecular flexibility index (Phi) is 5.90. The van der Waals surface area contributed by atoms with E-state index in [0.29, 0.717) is 5.56 Å². The van der Waals surface area contributed by atoms with Gasteiger partial charge in [-0.3, -0.25) is 0 Å². The van der Waals surface area contributed by atoms with Crippen molar-refractivity contribution < 1.29 is 12.8 Å². The van der Waals surface area contributed by atoms with Gasteiger partial charge in [0.25, 0.3) is 0 Å². The molecule has 6 heteroatoms. The van der Waals surface area contributed by atoms with E-state index in [4.69, 9.17) is 5.73 Å². The third-order valence-electron chi connectivity index (χ3n) is 2.89. The molecule has 0 aliphatic heterocycles. The molecule has 0 aliphatic carbocycles. The molecule has 0 amide bonds. The van der Waals surface area contributed by atoms with Gasteiger partial charge in [-0.1, -0.05) is 25.8 Å². The largest absolute Gasteiger partial charge is 0.326 e. The van der Waals surface area contributed by atoms with E-state index in [0.717, 1.165) is 25.3 Å². The molecule has 0 heterocycles. The number of hydrogen-bond donors (Lipinski definition) is 2. The van der Waals surface area contributed by atoms with E-state index in [1.807, 2.05) is 6.92 Å². The fourth-order valence-electron chi connectivity index (χ4n) is 1.84. The van der Waals surface area contributed by atoms with Gasteiger partial charge < -0.3 is 5.73 Å². The molecular formula is C13H21FN2O2S. The van der Waals surface area contributed by atoms with Crippen molar-refractivity contribution in [3.05, 3.63) is 29.6 Å². The van der Waals surface area contributed by atoms with Gasteiger partial charge >= 0.3 is 0 Å². The summed E-state index contributed by atoms with van der Waals surface area (Å²) in [5, 5.41) is 0. The monoisotopic (exact) mass is 288 g/mol. The van der Waals surface area contributed by atoms with Gasteiger partial charge in [0.1, 0.15) is 5.82 Å². The quantitative estimate of drug-likeness (QED) is 0.807. The van der Waals surface area contributed by atoms with Crippen LogP contribution in [0.4, 0.5) is 4.39 Å². The zero-order chi connectivity index (χ0) is 14.5. The Morgan fingerprint density at radius 2 is 2.11 bits per heavy atom. The molecule has 0 saturated heterocycles. The first kappa shape index (κ1) is 16.1. The van der Waals surface area contributed by atoms with Crippen molar-refractivity contribution in [2.45, 2.75) is 50.6 Å². The number of nitrogens with one attached hydrogen (secondary N) is 1. The minimum Gasteiger partial charge on any atom is -0.326 e. The predicted molar refractivity (Wildman–Crippen MR) is 73.6 cm³/mol. The SMILES string of the molecule is CCCCC(C)NS(=O)(=O)c1cc(F)ccc1CN. The molecule has 1 rings (SSSR count). The first-order valence-corrected chi connectivity index (χ1v) is 7.89. The summed E-state index contributed by atoms with van der Waals surface area (Å²) < 4.78 is 40.2. The number of unbranched alkanes of at least 4 members (excludes halogenated alkanes) is 1. The molecule has 1 atom stereocenters. The Balaban J connectivity index is 2.96. The van der Waals surface area contributed by atoms with Crippen molar-refractivity contribution in [2.24, 2.45) is 5.73 Å². The molecule has 1 aromatic rings. The van der Waals surface area contributed by atoms with Gasteiger partial charge in [-0.25, -0.2) is 17.5 Å². The fraction of sp³-hybridized carbons (Fsp3) is 0.538. The summed E-state index contributed by atoms with van der Waals surface area (Å²) in [7, 11) is -3.73. The number of halogens is 1. The minimum atomic E-state index is -3.73. The maximum atomic E-state index is 13.2. The lowest BCUT2D eigenvalue weighted by atomic mass is 10.2. The minimum absolute atomic E-state index is 0.0554. The Labute approximate surface area is 114 Å². The predicted octanol–water partition coefficient (Wildman–Crippen LogP) is 2.14. The lowest BCUT2D eigenvalue weighted by Gasteiger charge is -2.15. The maximum absolute atomic E-state index is 13.2. The molecule has 1 unspecified atom stereocenters. The first-order valence-electron chi connectivity index (χ1n) is 6.41. The maximum Gasteiger partial charge on any atom is 0.241 e. The van der Waals surface area contributed by atoms with Crippen molar-refractivity contribution in [1.82, 2.24) is 4.72 Å². The van der Waals surface area contributed by atoms with E-state index >= 15 is 0 Å². The van der Waals surface area contributed by atoms with E-state index < -0.39 is 15.8 Å².